The number of urea groups is 1. The highest BCUT2D eigenvalue weighted by Gasteiger charge is 2.47. The van der Waals surface area contributed by atoms with Crippen LogP contribution in [0.3, 0.4) is 0 Å². The van der Waals surface area contributed by atoms with Gasteiger partial charge in [-0.1, -0.05) is 24.3 Å². The van der Waals surface area contributed by atoms with Gasteiger partial charge in [-0.25, -0.2) is 4.79 Å². The molecule has 0 bridgehead atoms. The molecule has 0 saturated carbocycles. The van der Waals surface area contributed by atoms with Gasteiger partial charge in [0.25, 0.3) is 5.91 Å². The molecular weight excluding hydrogens is 364 g/mol. The number of piperidine rings is 1. The molecule has 2 aromatic rings. The van der Waals surface area contributed by atoms with Crippen molar-refractivity contribution in [2.24, 2.45) is 0 Å². The summed E-state index contributed by atoms with van der Waals surface area (Å²) in [4.78, 5) is 29.4. The largest absolute Gasteiger partial charge is 0.332 e. The van der Waals surface area contributed by atoms with Gasteiger partial charge in [-0.3, -0.25) is 4.79 Å². The fraction of sp³-hybridized carbons (Fsp3) is 0.391. The minimum Gasteiger partial charge on any atom is -0.332 e. The molecule has 29 heavy (non-hydrogen) atoms. The number of nitrogens with one attached hydrogen (secondary N) is 2. The molecule has 3 aliphatic heterocycles. The number of rotatable bonds is 2. The van der Waals surface area contributed by atoms with Crippen LogP contribution in [0.15, 0.2) is 48.5 Å². The first-order chi connectivity index (χ1) is 14.1. The Morgan fingerprint density at radius 1 is 0.966 bits per heavy atom. The van der Waals surface area contributed by atoms with Gasteiger partial charge in [-0.05, 0) is 61.2 Å². The molecule has 6 heteroatoms. The Balaban J connectivity index is 1.22. The molecule has 0 aromatic heterocycles. The lowest BCUT2D eigenvalue weighted by atomic mass is 9.78. The standard InChI is InChI=1S/C23H26N4O2/c28-21(27-13-11-23(27)10-3-12-24-16-23)17-6-8-20(9-7-17)25-22(29)26-14-18-4-1-2-5-19(18)15-26/h1-2,4-9,24H,3,10-16H2,(H,25,29). The summed E-state index contributed by atoms with van der Waals surface area (Å²) in [6.07, 6.45) is 3.28. The maximum atomic E-state index is 13.0. The number of nitrogens with zero attached hydrogens (tertiary/aromatic N) is 2. The molecule has 2 aromatic carbocycles. The number of carbonyl (C=O) groups is 2. The Morgan fingerprint density at radius 3 is 2.28 bits per heavy atom. The number of hydrogen-bond acceptors (Lipinski definition) is 3. The summed E-state index contributed by atoms with van der Waals surface area (Å²) in [6.45, 7) is 4.02. The maximum absolute atomic E-state index is 13.0. The molecule has 1 unspecified atom stereocenters. The third kappa shape index (κ3) is 3.27. The number of fused-ring (bicyclic) bond motifs is 1. The summed E-state index contributed by atoms with van der Waals surface area (Å²) in [7, 11) is 0. The van der Waals surface area contributed by atoms with E-state index in [-0.39, 0.29) is 17.5 Å². The van der Waals surface area contributed by atoms with Gasteiger partial charge in [0.15, 0.2) is 0 Å². The lowest BCUT2D eigenvalue weighted by Crippen LogP contribution is -2.67. The highest BCUT2D eigenvalue weighted by atomic mass is 16.2. The first kappa shape index (κ1) is 18.2. The van der Waals surface area contributed by atoms with Crippen LogP contribution in [0, 0.1) is 0 Å². The van der Waals surface area contributed by atoms with Crippen molar-refractivity contribution < 1.29 is 9.59 Å². The van der Waals surface area contributed by atoms with Crippen LogP contribution in [-0.2, 0) is 13.1 Å². The number of benzene rings is 2. The third-order valence-corrected chi connectivity index (χ3v) is 6.58. The quantitative estimate of drug-likeness (QED) is 0.828. The van der Waals surface area contributed by atoms with Crippen LogP contribution in [-0.4, -0.2) is 46.9 Å². The third-order valence-electron chi connectivity index (χ3n) is 6.58. The van der Waals surface area contributed by atoms with Crippen LogP contribution in [0.5, 0.6) is 0 Å². The number of anilines is 1. The summed E-state index contributed by atoms with van der Waals surface area (Å²) in [5.74, 6) is 0.0906. The fourth-order valence-electron chi connectivity index (χ4n) is 4.78. The van der Waals surface area contributed by atoms with Crippen LogP contribution in [0.4, 0.5) is 10.5 Å². The zero-order valence-corrected chi connectivity index (χ0v) is 16.5. The normalized spacial score (nSPS) is 22.9. The van der Waals surface area contributed by atoms with E-state index in [1.807, 2.05) is 41.3 Å². The molecule has 3 amide bonds. The zero-order chi connectivity index (χ0) is 19.8. The van der Waals surface area contributed by atoms with Gasteiger partial charge >= 0.3 is 6.03 Å². The molecule has 3 heterocycles. The average molecular weight is 390 g/mol. The second-order valence-electron chi connectivity index (χ2n) is 8.34. The molecule has 2 fully saturated rings. The molecule has 0 aliphatic carbocycles. The summed E-state index contributed by atoms with van der Waals surface area (Å²) < 4.78 is 0. The van der Waals surface area contributed by atoms with Crippen molar-refractivity contribution in [3.8, 4) is 0 Å². The van der Waals surface area contributed by atoms with Gasteiger partial charge in [0.2, 0.25) is 0 Å². The van der Waals surface area contributed by atoms with Crippen LogP contribution in [0.25, 0.3) is 0 Å². The Kier molecular flexibility index (Phi) is 4.51. The fourth-order valence-corrected chi connectivity index (χ4v) is 4.78. The lowest BCUT2D eigenvalue weighted by molar-refractivity contribution is -0.0155. The average Bonchev–Trinajstić information content (AvgIpc) is 3.18. The predicted molar refractivity (Wildman–Crippen MR) is 112 cm³/mol. The molecule has 6 nitrogen and oxygen atoms in total. The SMILES string of the molecule is O=C(Nc1ccc(C(=O)N2CCC23CCCNC3)cc1)N1Cc2ccccc2C1. The Labute approximate surface area is 170 Å². The molecule has 5 rings (SSSR count). The predicted octanol–water partition coefficient (Wildman–Crippen LogP) is 3.20. The van der Waals surface area contributed by atoms with Gasteiger partial charge in [-0.15, -0.1) is 0 Å². The molecular formula is C23H26N4O2. The second kappa shape index (κ2) is 7.19. The smallest absolute Gasteiger partial charge is 0.322 e. The topological polar surface area (TPSA) is 64.7 Å². The molecule has 1 spiro atoms. The highest BCUT2D eigenvalue weighted by Crippen LogP contribution is 2.37. The molecule has 0 radical (unpaired) electrons. The summed E-state index contributed by atoms with van der Waals surface area (Å²) in [5.41, 5.74) is 3.79. The van der Waals surface area contributed by atoms with Crippen LogP contribution < -0.4 is 10.6 Å². The number of carbonyl (C=O) groups excluding carboxylic acids is 2. The van der Waals surface area contributed by atoms with Crippen molar-refractivity contribution in [3.63, 3.8) is 0 Å². The number of likely N-dealkylation sites (tertiary alicyclic amines) is 1. The highest BCUT2D eigenvalue weighted by molar-refractivity contribution is 5.96. The molecule has 1 atom stereocenters. The summed E-state index contributed by atoms with van der Waals surface area (Å²) in [6, 6.07) is 15.3. The van der Waals surface area contributed by atoms with E-state index >= 15 is 0 Å². The van der Waals surface area contributed by atoms with Crippen molar-refractivity contribution in [1.29, 1.82) is 0 Å². The Morgan fingerprint density at radius 2 is 1.69 bits per heavy atom. The van der Waals surface area contributed by atoms with Gasteiger partial charge < -0.3 is 20.4 Å². The minimum atomic E-state index is -0.116. The molecule has 3 aliphatic rings. The lowest BCUT2D eigenvalue weighted by Gasteiger charge is -2.55. The molecule has 2 N–H and O–H groups in total. The molecule has 2 saturated heterocycles. The Hall–Kier alpha value is -2.86. The van der Waals surface area contributed by atoms with Crippen molar-refractivity contribution in [2.45, 2.75) is 37.9 Å². The van der Waals surface area contributed by atoms with Gasteiger partial charge in [-0.2, -0.15) is 0 Å². The van der Waals surface area contributed by atoms with E-state index in [1.165, 1.54) is 11.1 Å². The minimum absolute atomic E-state index is 0.00692. The summed E-state index contributed by atoms with van der Waals surface area (Å²) >= 11 is 0. The van der Waals surface area contributed by atoms with Crippen LogP contribution in [0.1, 0.15) is 40.7 Å². The van der Waals surface area contributed by atoms with Crippen molar-refractivity contribution in [2.75, 3.05) is 25.0 Å². The van der Waals surface area contributed by atoms with Gasteiger partial charge in [0.1, 0.15) is 0 Å². The van der Waals surface area contributed by atoms with Crippen molar-refractivity contribution in [3.05, 3.63) is 65.2 Å². The first-order valence-electron chi connectivity index (χ1n) is 10.4. The van der Waals surface area contributed by atoms with E-state index in [4.69, 9.17) is 0 Å². The van der Waals surface area contributed by atoms with Gasteiger partial charge in [0, 0.05) is 37.4 Å². The summed E-state index contributed by atoms with van der Waals surface area (Å²) in [5, 5.41) is 6.38. The van der Waals surface area contributed by atoms with Crippen LogP contribution in [0.2, 0.25) is 0 Å². The van der Waals surface area contributed by atoms with E-state index < -0.39 is 0 Å². The Bertz CT molecular complexity index is 909. The maximum Gasteiger partial charge on any atom is 0.322 e. The van der Waals surface area contributed by atoms with E-state index in [1.54, 1.807) is 4.90 Å². The van der Waals surface area contributed by atoms with Gasteiger partial charge in [0.05, 0.1) is 5.54 Å². The van der Waals surface area contributed by atoms with E-state index in [0.29, 0.717) is 24.3 Å². The monoisotopic (exact) mass is 390 g/mol. The van der Waals surface area contributed by atoms with E-state index in [9.17, 15) is 9.59 Å². The number of hydrogen-bond donors (Lipinski definition) is 2. The van der Waals surface area contributed by atoms with Crippen molar-refractivity contribution in [1.82, 2.24) is 15.1 Å². The first-order valence-corrected chi connectivity index (χ1v) is 10.4. The number of amides is 3. The van der Waals surface area contributed by atoms with E-state index in [2.05, 4.69) is 22.8 Å². The molecule has 150 valence electrons. The van der Waals surface area contributed by atoms with Crippen LogP contribution >= 0.6 is 0 Å². The zero-order valence-electron chi connectivity index (χ0n) is 16.5. The van der Waals surface area contributed by atoms with E-state index in [0.717, 1.165) is 38.9 Å². The second-order valence-corrected chi connectivity index (χ2v) is 8.34. The van der Waals surface area contributed by atoms with Crippen molar-refractivity contribution >= 4 is 17.6 Å².